The van der Waals surface area contributed by atoms with Crippen molar-refractivity contribution in [3.8, 4) is 0 Å². The summed E-state index contributed by atoms with van der Waals surface area (Å²) >= 11 is 0. The zero-order valence-electron chi connectivity index (χ0n) is 14.6. The van der Waals surface area contributed by atoms with Crippen LogP contribution in [0.5, 0.6) is 0 Å². The zero-order chi connectivity index (χ0) is 18.0. The van der Waals surface area contributed by atoms with Crippen LogP contribution in [-0.4, -0.2) is 29.6 Å². The number of anilines is 1. The second-order valence-electron chi connectivity index (χ2n) is 6.90. The number of carbonyl (C=O) groups is 2. The summed E-state index contributed by atoms with van der Waals surface area (Å²) in [5.74, 6) is -1.21. The van der Waals surface area contributed by atoms with E-state index in [0.717, 1.165) is 18.2 Å². The largest absolute Gasteiger partial charge is 0.396 e. The third-order valence-electron chi connectivity index (χ3n) is 4.89. The molecule has 0 fully saturated rings. The maximum Gasteiger partial charge on any atom is 0.313 e. The van der Waals surface area contributed by atoms with E-state index in [1.165, 1.54) is 16.5 Å². The summed E-state index contributed by atoms with van der Waals surface area (Å²) in [6, 6.07) is 9.73. The Morgan fingerprint density at radius 3 is 2.48 bits per heavy atom. The molecular weight excluding hydrogens is 316 g/mol. The monoisotopic (exact) mass is 340 g/mol. The molecule has 1 atom stereocenters. The molecule has 1 aliphatic carbocycles. The first-order valence-corrected chi connectivity index (χ1v) is 8.77. The molecule has 3 N–H and O–H groups in total. The van der Waals surface area contributed by atoms with Crippen molar-refractivity contribution < 1.29 is 14.7 Å². The average Bonchev–Trinajstić information content (AvgIpc) is 3.01. The molecule has 5 nitrogen and oxygen atoms in total. The van der Waals surface area contributed by atoms with Gasteiger partial charge in [0.2, 0.25) is 0 Å². The summed E-state index contributed by atoms with van der Waals surface area (Å²) in [6.07, 6.45) is 2.46. The Bertz CT molecular complexity index is 804. The van der Waals surface area contributed by atoms with Gasteiger partial charge in [-0.15, -0.1) is 0 Å². The van der Waals surface area contributed by atoms with Crippen molar-refractivity contribution in [2.24, 2.45) is 5.92 Å². The van der Waals surface area contributed by atoms with E-state index >= 15 is 0 Å². The van der Waals surface area contributed by atoms with E-state index in [1.54, 1.807) is 0 Å². The van der Waals surface area contributed by atoms with Crippen LogP contribution in [0.2, 0.25) is 0 Å². The van der Waals surface area contributed by atoms with Crippen molar-refractivity contribution in [1.82, 2.24) is 5.32 Å². The average molecular weight is 340 g/mol. The van der Waals surface area contributed by atoms with E-state index in [9.17, 15) is 9.59 Å². The van der Waals surface area contributed by atoms with Crippen LogP contribution in [0.3, 0.4) is 0 Å². The first kappa shape index (κ1) is 17.4. The third kappa shape index (κ3) is 3.51. The second-order valence-corrected chi connectivity index (χ2v) is 6.90. The highest BCUT2D eigenvalue weighted by Crippen LogP contribution is 2.34. The number of carbonyl (C=O) groups excluding carboxylic acids is 2. The Labute approximate surface area is 147 Å². The SMILES string of the molecule is CC(C)C(CCO)NC(=O)C(=O)Nc1ccc2c3c(cccc13)CC2. The minimum Gasteiger partial charge on any atom is -0.396 e. The Balaban J connectivity index is 1.78. The maximum absolute atomic E-state index is 12.3. The number of benzene rings is 2. The molecule has 0 aliphatic heterocycles. The molecule has 2 aromatic rings. The normalized spacial score (nSPS) is 13.9. The molecule has 0 saturated carbocycles. The fourth-order valence-corrected chi connectivity index (χ4v) is 3.48. The highest BCUT2D eigenvalue weighted by molar-refractivity contribution is 6.40. The highest BCUT2D eigenvalue weighted by atomic mass is 16.3. The maximum atomic E-state index is 12.3. The van der Waals surface area contributed by atoms with Crippen molar-refractivity contribution in [1.29, 1.82) is 0 Å². The first-order valence-electron chi connectivity index (χ1n) is 8.77. The van der Waals surface area contributed by atoms with Gasteiger partial charge in [0.15, 0.2) is 0 Å². The molecule has 0 spiro atoms. The number of hydrogen-bond acceptors (Lipinski definition) is 3. The molecule has 132 valence electrons. The van der Waals surface area contributed by atoms with Gasteiger partial charge < -0.3 is 15.7 Å². The van der Waals surface area contributed by atoms with Gasteiger partial charge in [0.25, 0.3) is 0 Å². The number of amides is 2. The molecule has 1 aliphatic rings. The molecule has 0 heterocycles. The topological polar surface area (TPSA) is 78.4 Å². The summed E-state index contributed by atoms with van der Waals surface area (Å²) in [5, 5.41) is 16.7. The molecule has 2 aromatic carbocycles. The quantitative estimate of drug-likeness (QED) is 0.731. The van der Waals surface area contributed by atoms with Gasteiger partial charge in [-0.3, -0.25) is 9.59 Å². The first-order chi connectivity index (χ1) is 12.0. The summed E-state index contributed by atoms with van der Waals surface area (Å²) in [4.78, 5) is 24.5. The third-order valence-corrected chi connectivity index (χ3v) is 4.89. The Morgan fingerprint density at radius 2 is 1.80 bits per heavy atom. The van der Waals surface area contributed by atoms with Crippen LogP contribution in [0.25, 0.3) is 10.8 Å². The lowest BCUT2D eigenvalue weighted by Gasteiger charge is -2.21. The Hall–Kier alpha value is -2.40. The van der Waals surface area contributed by atoms with E-state index < -0.39 is 11.8 Å². The Kier molecular flexibility index (Phi) is 5.04. The molecule has 3 rings (SSSR count). The summed E-state index contributed by atoms with van der Waals surface area (Å²) < 4.78 is 0. The van der Waals surface area contributed by atoms with Gasteiger partial charge in [0.1, 0.15) is 0 Å². The number of rotatable bonds is 5. The predicted octanol–water partition coefficient (Wildman–Crippen LogP) is 2.40. The lowest BCUT2D eigenvalue weighted by atomic mass is 10.0. The second kappa shape index (κ2) is 7.23. The molecule has 0 bridgehead atoms. The fraction of sp³-hybridized carbons (Fsp3) is 0.400. The van der Waals surface area contributed by atoms with Crippen molar-refractivity contribution >= 4 is 28.3 Å². The number of hydrogen-bond donors (Lipinski definition) is 3. The lowest BCUT2D eigenvalue weighted by molar-refractivity contribution is -0.136. The highest BCUT2D eigenvalue weighted by Gasteiger charge is 2.22. The predicted molar refractivity (Wildman–Crippen MR) is 98.5 cm³/mol. The minimum absolute atomic E-state index is 0.0282. The van der Waals surface area contributed by atoms with Crippen LogP contribution in [-0.2, 0) is 22.4 Å². The van der Waals surface area contributed by atoms with Crippen molar-refractivity contribution in [3.63, 3.8) is 0 Å². The van der Waals surface area contributed by atoms with Gasteiger partial charge in [-0.05, 0) is 47.8 Å². The van der Waals surface area contributed by atoms with E-state index in [1.807, 2.05) is 38.1 Å². The zero-order valence-corrected chi connectivity index (χ0v) is 14.6. The molecule has 25 heavy (non-hydrogen) atoms. The van der Waals surface area contributed by atoms with Crippen molar-refractivity contribution in [2.75, 3.05) is 11.9 Å². The number of aryl methyl sites for hydroxylation is 2. The summed E-state index contributed by atoms with van der Waals surface area (Å²) in [7, 11) is 0. The number of nitrogens with one attached hydrogen (secondary N) is 2. The van der Waals surface area contributed by atoms with Crippen LogP contribution >= 0.6 is 0 Å². The van der Waals surface area contributed by atoms with Crippen LogP contribution in [0, 0.1) is 5.92 Å². The lowest BCUT2D eigenvalue weighted by Crippen LogP contribution is -2.44. The Morgan fingerprint density at radius 1 is 1.08 bits per heavy atom. The molecule has 5 heteroatoms. The number of aliphatic hydroxyl groups is 1. The summed E-state index contributed by atoms with van der Waals surface area (Å²) in [6.45, 7) is 3.86. The standard InChI is InChI=1S/C20H24N2O3/c1-12(2)16(10-11-23)21-19(24)20(25)22-17-9-8-14-7-6-13-4-3-5-15(17)18(13)14/h3-5,8-9,12,16,23H,6-7,10-11H2,1-2H3,(H,21,24)(H,22,25). The fourth-order valence-electron chi connectivity index (χ4n) is 3.48. The van der Waals surface area contributed by atoms with Crippen LogP contribution in [0.15, 0.2) is 30.3 Å². The number of aliphatic hydroxyl groups excluding tert-OH is 1. The van der Waals surface area contributed by atoms with E-state index in [0.29, 0.717) is 12.1 Å². The molecular formula is C20H24N2O3. The van der Waals surface area contributed by atoms with Gasteiger partial charge in [0.05, 0.1) is 0 Å². The molecule has 1 unspecified atom stereocenters. The van der Waals surface area contributed by atoms with Gasteiger partial charge in [-0.1, -0.05) is 38.1 Å². The summed E-state index contributed by atoms with van der Waals surface area (Å²) in [5.41, 5.74) is 3.23. The van der Waals surface area contributed by atoms with E-state index in [-0.39, 0.29) is 18.6 Å². The molecule has 0 radical (unpaired) electrons. The van der Waals surface area contributed by atoms with Gasteiger partial charge in [-0.25, -0.2) is 0 Å². The molecule has 0 saturated heterocycles. The smallest absolute Gasteiger partial charge is 0.313 e. The molecule has 0 aromatic heterocycles. The van der Waals surface area contributed by atoms with E-state index in [2.05, 4.69) is 16.7 Å². The molecule has 2 amide bonds. The van der Waals surface area contributed by atoms with Gasteiger partial charge in [-0.2, -0.15) is 0 Å². The van der Waals surface area contributed by atoms with Crippen LogP contribution in [0.4, 0.5) is 5.69 Å². The van der Waals surface area contributed by atoms with E-state index in [4.69, 9.17) is 5.11 Å². The van der Waals surface area contributed by atoms with Crippen LogP contribution < -0.4 is 10.6 Å². The van der Waals surface area contributed by atoms with Gasteiger partial charge >= 0.3 is 11.8 Å². The minimum atomic E-state index is -0.678. The van der Waals surface area contributed by atoms with Gasteiger partial charge in [0, 0.05) is 23.7 Å². The van der Waals surface area contributed by atoms with Crippen LogP contribution in [0.1, 0.15) is 31.4 Å². The van der Waals surface area contributed by atoms with Crippen molar-refractivity contribution in [2.45, 2.75) is 39.2 Å². The van der Waals surface area contributed by atoms with Crippen molar-refractivity contribution in [3.05, 3.63) is 41.5 Å².